The Morgan fingerprint density at radius 2 is 1.77 bits per heavy atom. The van der Waals surface area contributed by atoms with E-state index in [0.29, 0.717) is 31.4 Å². The molecule has 0 aromatic heterocycles. The van der Waals surface area contributed by atoms with Crippen LogP contribution in [0.3, 0.4) is 0 Å². The van der Waals surface area contributed by atoms with E-state index in [1.807, 2.05) is 31.2 Å². The molecule has 1 saturated heterocycles. The van der Waals surface area contributed by atoms with Crippen molar-refractivity contribution < 1.29 is 22.7 Å². The maximum Gasteiger partial charge on any atom is 0.313 e. The van der Waals surface area contributed by atoms with Crippen LogP contribution in [-0.2, 0) is 26.0 Å². The molecule has 31 heavy (non-hydrogen) atoms. The highest BCUT2D eigenvalue weighted by atomic mass is 32.2. The number of rotatable bonds is 7. The number of nitrogens with zero attached hydrogens (tertiary/aromatic N) is 1. The van der Waals surface area contributed by atoms with Crippen molar-refractivity contribution in [2.45, 2.75) is 44.9 Å². The molecular formula is C24H29NO5S. The van der Waals surface area contributed by atoms with Crippen molar-refractivity contribution in [1.29, 1.82) is 0 Å². The molecule has 0 amide bonds. The van der Waals surface area contributed by atoms with Crippen LogP contribution in [0, 0.1) is 12.3 Å². The Kier molecular flexibility index (Phi) is 6.96. The molecule has 1 aliphatic heterocycles. The molecule has 0 saturated carbocycles. The van der Waals surface area contributed by atoms with Crippen molar-refractivity contribution in [2.24, 2.45) is 5.41 Å². The van der Waals surface area contributed by atoms with Crippen LogP contribution in [0.25, 0.3) is 0 Å². The average molecular weight is 444 g/mol. The molecule has 2 aromatic rings. The van der Waals surface area contributed by atoms with Gasteiger partial charge in [0.05, 0.1) is 16.9 Å². The second-order valence-electron chi connectivity index (χ2n) is 8.13. The molecule has 0 spiro atoms. The summed E-state index contributed by atoms with van der Waals surface area (Å²) in [6, 6.07) is 13.8. The lowest BCUT2D eigenvalue weighted by Gasteiger charge is -2.40. The number of ketones is 1. The van der Waals surface area contributed by atoms with Gasteiger partial charge in [-0.15, -0.1) is 0 Å². The minimum Gasteiger partial charge on any atom is -0.466 e. The Hall–Kier alpha value is -2.51. The van der Waals surface area contributed by atoms with Gasteiger partial charge in [0.2, 0.25) is 10.0 Å². The molecule has 0 radical (unpaired) electrons. The summed E-state index contributed by atoms with van der Waals surface area (Å²) in [4.78, 5) is 24.7. The van der Waals surface area contributed by atoms with Crippen molar-refractivity contribution in [3.05, 3.63) is 65.2 Å². The van der Waals surface area contributed by atoms with Crippen molar-refractivity contribution in [2.75, 3.05) is 19.7 Å². The van der Waals surface area contributed by atoms with E-state index in [2.05, 4.69) is 0 Å². The largest absolute Gasteiger partial charge is 0.466 e. The number of hydrogen-bond donors (Lipinski definition) is 0. The van der Waals surface area contributed by atoms with Crippen LogP contribution in [0.5, 0.6) is 0 Å². The van der Waals surface area contributed by atoms with Crippen molar-refractivity contribution >= 4 is 21.8 Å². The fourth-order valence-corrected chi connectivity index (χ4v) is 5.71. The monoisotopic (exact) mass is 443 g/mol. The van der Waals surface area contributed by atoms with E-state index in [0.717, 1.165) is 11.1 Å². The van der Waals surface area contributed by atoms with Crippen molar-refractivity contribution in [1.82, 2.24) is 4.31 Å². The summed E-state index contributed by atoms with van der Waals surface area (Å²) in [5.74, 6) is -0.480. The number of benzene rings is 2. The van der Waals surface area contributed by atoms with E-state index < -0.39 is 15.4 Å². The Bertz CT molecular complexity index is 1060. The van der Waals surface area contributed by atoms with E-state index in [1.54, 1.807) is 6.92 Å². The molecule has 1 heterocycles. The number of piperidine rings is 1. The zero-order valence-electron chi connectivity index (χ0n) is 18.3. The van der Waals surface area contributed by atoms with E-state index in [4.69, 9.17) is 4.74 Å². The maximum atomic E-state index is 13.3. The van der Waals surface area contributed by atoms with E-state index in [-0.39, 0.29) is 29.8 Å². The van der Waals surface area contributed by atoms with Crippen LogP contribution in [0.15, 0.2) is 53.4 Å². The summed E-state index contributed by atoms with van der Waals surface area (Å²) < 4.78 is 33.5. The van der Waals surface area contributed by atoms with Crippen LogP contribution in [0.1, 0.15) is 48.2 Å². The third kappa shape index (κ3) is 4.88. The molecule has 0 bridgehead atoms. The van der Waals surface area contributed by atoms with Gasteiger partial charge in [0.15, 0.2) is 5.78 Å². The number of carbonyl (C=O) groups is 2. The first-order valence-electron chi connectivity index (χ1n) is 10.5. The fraction of sp³-hybridized carbons (Fsp3) is 0.417. The van der Waals surface area contributed by atoms with Crippen molar-refractivity contribution in [3.63, 3.8) is 0 Å². The maximum absolute atomic E-state index is 13.3. The van der Waals surface area contributed by atoms with Gasteiger partial charge in [-0.3, -0.25) is 9.59 Å². The lowest BCUT2D eigenvalue weighted by atomic mass is 9.75. The quantitative estimate of drug-likeness (QED) is 0.481. The minimum absolute atomic E-state index is 0.0664. The summed E-state index contributed by atoms with van der Waals surface area (Å²) in [5.41, 5.74) is 1.59. The molecule has 1 aliphatic rings. The van der Waals surface area contributed by atoms with Gasteiger partial charge >= 0.3 is 5.97 Å². The van der Waals surface area contributed by atoms with Gasteiger partial charge in [0.1, 0.15) is 0 Å². The van der Waals surface area contributed by atoms with Crippen LogP contribution >= 0.6 is 0 Å². The number of ether oxygens (including phenoxy) is 1. The predicted octanol–water partition coefficient (Wildman–Crippen LogP) is 3.77. The lowest BCUT2D eigenvalue weighted by Crippen LogP contribution is -2.51. The SMILES string of the molecule is CCOC(=O)[C@]1(Cc2ccccc2C)CCCN(S(=O)(=O)c2ccc(C(C)=O)cc2)C1. The molecule has 0 N–H and O–H groups in total. The Morgan fingerprint density at radius 3 is 2.39 bits per heavy atom. The molecule has 166 valence electrons. The highest BCUT2D eigenvalue weighted by Gasteiger charge is 2.46. The summed E-state index contributed by atoms with van der Waals surface area (Å²) in [7, 11) is -3.81. The highest BCUT2D eigenvalue weighted by Crippen LogP contribution is 2.38. The van der Waals surface area contributed by atoms with Gasteiger partial charge in [0, 0.05) is 18.7 Å². The van der Waals surface area contributed by atoms with Crippen molar-refractivity contribution in [3.8, 4) is 0 Å². The number of sulfonamides is 1. The third-order valence-electron chi connectivity index (χ3n) is 5.94. The summed E-state index contributed by atoms with van der Waals surface area (Å²) in [6.45, 7) is 5.83. The number of hydrogen-bond acceptors (Lipinski definition) is 5. The second-order valence-corrected chi connectivity index (χ2v) is 10.1. The molecule has 0 aliphatic carbocycles. The topological polar surface area (TPSA) is 80.8 Å². The van der Waals surface area contributed by atoms with Crippen LogP contribution in [-0.4, -0.2) is 44.2 Å². The van der Waals surface area contributed by atoms with Gasteiger partial charge in [-0.25, -0.2) is 8.42 Å². The van der Waals surface area contributed by atoms with Gasteiger partial charge in [0.25, 0.3) is 0 Å². The first-order chi connectivity index (χ1) is 14.7. The molecule has 1 fully saturated rings. The molecular weight excluding hydrogens is 414 g/mol. The number of carbonyl (C=O) groups excluding carboxylic acids is 2. The Labute approximate surface area is 184 Å². The molecule has 7 heteroatoms. The molecule has 6 nitrogen and oxygen atoms in total. The standard InChI is InChI=1S/C24H29NO5S/c1-4-30-23(27)24(16-21-9-6-5-8-18(21)2)14-7-15-25(17-24)31(28,29)22-12-10-20(11-13-22)19(3)26/h5-6,8-13H,4,7,14-17H2,1-3H3/t24-/m0/s1. The number of Topliss-reactive ketones (excluding diaryl/α,β-unsaturated/α-hetero) is 1. The predicted molar refractivity (Wildman–Crippen MR) is 118 cm³/mol. The molecule has 3 rings (SSSR count). The normalized spacial score (nSPS) is 19.7. The summed E-state index contributed by atoms with van der Waals surface area (Å²) in [6.07, 6.45) is 1.55. The zero-order valence-corrected chi connectivity index (χ0v) is 19.1. The molecule has 0 unspecified atom stereocenters. The van der Waals surface area contributed by atoms with Crippen LogP contribution in [0.2, 0.25) is 0 Å². The fourth-order valence-electron chi connectivity index (χ4n) is 4.15. The molecule has 1 atom stereocenters. The van der Waals surface area contributed by atoms with Gasteiger partial charge in [-0.05, 0) is 63.3 Å². The van der Waals surface area contributed by atoms with E-state index >= 15 is 0 Å². The molecule has 2 aromatic carbocycles. The van der Waals surface area contributed by atoms with Crippen LogP contribution < -0.4 is 0 Å². The van der Waals surface area contributed by atoms with Gasteiger partial charge in [-0.2, -0.15) is 4.31 Å². The number of esters is 1. The Balaban J connectivity index is 1.95. The van der Waals surface area contributed by atoms with E-state index in [1.165, 1.54) is 35.5 Å². The van der Waals surface area contributed by atoms with Gasteiger partial charge < -0.3 is 4.74 Å². The average Bonchev–Trinajstić information content (AvgIpc) is 2.76. The first kappa shape index (κ1) is 23.2. The zero-order chi connectivity index (χ0) is 22.6. The minimum atomic E-state index is -3.81. The third-order valence-corrected chi connectivity index (χ3v) is 7.80. The highest BCUT2D eigenvalue weighted by molar-refractivity contribution is 7.89. The second kappa shape index (κ2) is 9.32. The van der Waals surface area contributed by atoms with Crippen LogP contribution in [0.4, 0.5) is 0 Å². The van der Waals surface area contributed by atoms with Gasteiger partial charge in [-0.1, -0.05) is 36.4 Å². The summed E-state index contributed by atoms with van der Waals surface area (Å²) >= 11 is 0. The number of aryl methyl sites for hydroxylation is 1. The Morgan fingerprint density at radius 1 is 1.10 bits per heavy atom. The summed E-state index contributed by atoms with van der Waals surface area (Å²) in [5, 5.41) is 0. The smallest absolute Gasteiger partial charge is 0.313 e. The van der Waals surface area contributed by atoms with E-state index in [9.17, 15) is 18.0 Å². The first-order valence-corrected chi connectivity index (χ1v) is 12.0. The lowest BCUT2D eigenvalue weighted by molar-refractivity contribution is -0.157.